The van der Waals surface area contributed by atoms with E-state index in [-0.39, 0.29) is 11.4 Å². The normalized spacial score (nSPS) is 24.5. The molecule has 1 heterocycles. The molecule has 0 saturated heterocycles. The lowest BCUT2D eigenvalue weighted by atomic mass is 9.87. The second-order valence-electron chi connectivity index (χ2n) is 5.76. The Morgan fingerprint density at radius 1 is 1.47 bits per heavy atom. The van der Waals surface area contributed by atoms with Crippen molar-refractivity contribution >= 4 is 5.97 Å². The Hall–Kier alpha value is -1.35. The lowest BCUT2D eigenvalue weighted by molar-refractivity contribution is 0.0508. The molecule has 0 amide bonds. The Morgan fingerprint density at radius 3 is 2.88 bits per heavy atom. The largest absolute Gasteiger partial charge is 0.457 e. The Bertz CT molecular complexity index is 529. The minimum Gasteiger partial charge on any atom is -0.457 e. The maximum absolute atomic E-state index is 11.8. The molecule has 1 atom stereocenters. The van der Waals surface area contributed by atoms with Gasteiger partial charge in [-0.3, -0.25) is 0 Å². The highest BCUT2D eigenvalue weighted by Gasteiger charge is 2.43. The third-order valence-electron chi connectivity index (χ3n) is 4.00. The van der Waals surface area contributed by atoms with Crippen LogP contribution in [0.4, 0.5) is 0 Å². The van der Waals surface area contributed by atoms with E-state index in [1.165, 1.54) is 0 Å². The summed E-state index contributed by atoms with van der Waals surface area (Å²) in [4.78, 5) is 11.8. The summed E-state index contributed by atoms with van der Waals surface area (Å²) >= 11 is 0. The molecule has 17 heavy (non-hydrogen) atoms. The zero-order valence-electron chi connectivity index (χ0n) is 10.3. The Kier molecular flexibility index (Phi) is 1.97. The fraction of sp³-hybridized carbons (Fsp3) is 0.500. The number of esters is 1. The topological polar surface area (TPSA) is 46.5 Å². The van der Waals surface area contributed by atoms with Crippen LogP contribution in [0.25, 0.3) is 0 Å². The molecular formula is C14H16O3. The molecule has 0 saturated carbocycles. The predicted octanol–water partition coefficient (Wildman–Crippen LogP) is 2.28. The van der Waals surface area contributed by atoms with E-state index in [0.717, 1.165) is 28.7 Å². The number of fused-ring (bicyclic) bond motifs is 3. The van der Waals surface area contributed by atoms with Crippen LogP contribution in [0.1, 0.15) is 52.6 Å². The summed E-state index contributed by atoms with van der Waals surface area (Å²) in [6.07, 6.45) is 0.239. The smallest absolute Gasteiger partial charge is 0.339 e. The third-order valence-corrected chi connectivity index (χ3v) is 4.00. The van der Waals surface area contributed by atoms with Crippen molar-refractivity contribution < 1.29 is 14.6 Å². The number of aryl methyl sites for hydroxylation is 1. The van der Waals surface area contributed by atoms with Crippen LogP contribution in [0.3, 0.4) is 0 Å². The Morgan fingerprint density at radius 2 is 2.18 bits per heavy atom. The molecule has 0 spiro atoms. The molecule has 1 aromatic rings. The predicted molar refractivity (Wildman–Crippen MR) is 62.7 cm³/mol. The highest BCUT2D eigenvalue weighted by atomic mass is 16.5. The van der Waals surface area contributed by atoms with E-state index >= 15 is 0 Å². The zero-order valence-corrected chi connectivity index (χ0v) is 10.3. The lowest BCUT2D eigenvalue weighted by Crippen LogP contribution is -2.18. The molecule has 0 aromatic heterocycles. The van der Waals surface area contributed by atoms with Gasteiger partial charge in [-0.25, -0.2) is 4.79 Å². The van der Waals surface area contributed by atoms with Crippen molar-refractivity contribution in [3.05, 3.63) is 33.9 Å². The summed E-state index contributed by atoms with van der Waals surface area (Å²) in [5.74, 6) is -0.281. The molecule has 0 bridgehead atoms. The SMILES string of the molecule is Cc1cc2c(c3c1COC3=O)[C@@H](O)C(C)(C)C2. The van der Waals surface area contributed by atoms with Crippen molar-refractivity contribution in [3.63, 3.8) is 0 Å². The molecule has 90 valence electrons. The minimum absolute atomic E-state index is 0.202. The number of ether oxygens (including phenoxy) is 1. The van der Waals surface area contributed by atoms with E-state index < -0.39 is 6.10 Å². The van der Waals surface area contributed by atoms with Crippen LogP contribution in [-0.2, 0) is 17.8 Å². The van der Waals surface area contributed by atoms with E-state index in [0.29, 0.717) is 12.2 Å². The van der Waals surface area contributed by atoms with E-state index in [9.17, 15) is 9.90 Å². The van der Waals surface area contributed by atoms with Crippen LogP contribution in [0.5, 0.6) is 0 Å². The molecule has 1 aliphatic heterocycles. The van der Waals surface area contributed by atoms with Crippen LogP contribution < -0.4 is 0 Å². The maximum atomic E-state index is 11.8. The minimum atomic E-state index is -0.572. The fourth-order valence-electron chi connectivity index (χ4n) is 3.01. The van der Waals surface area contributed by atoms with Crippen LogP contribution in [0.15, 0.2) is 6.07 Å². The van der Waals surface area contributed by atoms with Gasteiger partial charge in [-0.05, 0) is 35.4 Å². The Labute approximate surface area is 100 Å². The monoisotopic (exact) mass is 232 g/mol. The van der Waals surface area contributed by atoms with Crippen molar-refractivity contribution in [1.82, 2.24) is 0 Å². The van der Waals surface area contributed by atoms with E-state index in [1.54, 1.807) is 0 Å². The number of hydrogen-bond acceptors (Lipinski definition) is 3. The van der Waals surface area contributed by atoms with Crippen LogP contribution >= 0.6 is 0 Å². The third kappa shape index (κ3) is 1.29. The Balaban J connectivity index is 2.30. The summed E-state index contributed by atoms with van der Waals surface area (Å²) in [5, 5.41) is 10.4. The first-order chi connectivity index (χ1) is 7.92. The van der Waals surface area contributed by atoms with Crippen molar-refractivity contribution in [3.8, 4) is 0 Å². The quantitative estimate of drug-likeness (QED) is 0.698. The highest BCUT2D eigenvalue weighted by molar-refractivity contribution is 5.96. The summed E-state index contributed by atoms with van der Waals surface area (Å²) in [7, 11) is 0. The average Bonchev–Trinajstić information content (AvgIpc) is 2.69. The number of rotatable bonds is 0. The number of carbonyl (C=O) groups is 1. The van der Waals surface area contributed by atoms with Gasteiger partial charge in [0.05, 0.1) is 11.7 Å². The molecule has 2 aliphatic rings. The molecule has 0 fully saturated rings. The van der Waals surface area contributed by atoms with Crippen LogP contribution in [-0.4, -0.2) is 11.1 Å². The van der Waals surface area contributed by atoms with Gasteiger partial charge in [-0.1, -0.05) is 19.9 Å². The first-order valence-electron chi connectivity index (χ1n) is 5.92. The number of benzene rings is 1. The standard InChI is InChI=1S/C14H16O3/c1-7-4-8-5-14(2,3)12(15)10(8)11-9(7)6-17-13(11)16/h4,12,15H,5-6H2,1-3H3/t12-/m1/s1. The second kappa shape index (κ2) is 3.10. The van der Waals surface area contributed by atoms with Crippen molar-refractivity contribution in [2.24, 2.45) is 5.41 Å². The summed E-state index contributed by atoms with van der Waals surface area (Å²) in [6.45, 7) is 6.40. The number of hydrogen-bond donors (Lipinski definition) is 1. The molecular weight excluding hydrogens is 216 g/mol. The number of carbonyl (C=O) groups excluding carboxylic acids is 1. The molecule has 3 nitrogen and oxygen atoms in total. The number of aliphatic hydroxyl groups is 1. The summed E-state index contributed by atoms with van der Waals surface area (Å²) < 4.78 is 5.10. The lowest BCUT2D eigenvalue weighted by Gasteiger charge is -2.22. The number of cyclic esters (lactones) is 1. The van der Waals surface area contributed by atoms with Gasteiger partial charge in [0.15, 0.2) is 0 Å². The van der Waals surface area contributed by atoms with Gasteiger partial charge in [0, 0.05) is 5.56 Å². The van der Waals surface area contributed by atoms with Crippen LogP contribution in [0.2, 0.25) is 0 Å². The molecule has 1 N–H and O–H groups in total. The average molecular weight is 232 g/mol. The van der Waals surface area contributed by atoms with Gasteiger partial charge >= 0.3 is 5.97 Å². The molecule has 3 rings (SSSR count). The van der Waals surface area contributed by atoms with Gasteiger partial charge in [0.25, 0.3) is 0 Å². The van der Waals surface area contributed by atoms with Gasteiger partial charge in [0.2, 0.25) is 0 Å². The number of aliphatic hydroxyl groups excluding tert-OH is 1. The van der Waals surface area contributed by atoms with Crippen molar-refractivity contribution in [2.75, 3.05) is 0 Å². The van der Waals surface area contributed by atoms with Crippen LogP contribution in [0, 0.1) is 12.3 Å². The first-order valence-corrected chi connectivity index (χ1v) is 5.92. The molecule has 0 radical (unpaired) electrons. The van der Waals surface area contributed by atoms with Gasteiger partial charge < -0.3 is 9.84 Å². The fourth-order valence-corrected chi connectivity index (χ4v) is 3.01. The molecule has 3 heteroatoms. The summed E-state index contributed by atoms with van der Waals surface area (Å²) in [6, 6.07) is 2.09. The van der Waals surface area contributed by atoms with Gasteiger partial charge in [-0.15, -0.1) is 0 Å². The van der Waals surface area contributed by atoms with E-state index in [2.05, 4.69) is 6.07 Å². The zero-order chi connectivity index (χ0) is 12.4. The molecule has 1 aromatic carbocycles. The molecule has 1 aliphatic carbocycles. The second-order valence-corrected chi connectivity index (χ2v) is 5.76. The van der Waals surface area contributed by atoms with Crippen molar-refractivity contribution in [1.29, 1.82) is 0 Å². The first kappa shape index (κ1) is 10.8. The van der Waals surface area contributed by atoms with E-state index in [4.69, 9.17) is 4.74 Å². The molecule has 0 unspecified atom stereocenters. The highest BCUT2D eigenvalue weighted by Crippen LogP contribution is 2.48. The van der Waals surface area contributed by atoms with Gasteiger partial charge in [-0.2, -0.15) is 0 Å². The summed E-state index contributed by atoms with van der Waals surface area (Å²) in [5.41, 5.74) is 4.36. The van der Waals surface area contributed by atoms with Gasteiger partial charge in [0.1, 0.15) is 6.61 Å². The van der Waals surface area contributed by atoms with Crippen molar-refractivity contribution in [2.45, 2.75) is 39.9 Å². The maximum Gasteiger partial charge on any atom is 0.339 e. The van der Waals surface area contributed by atoms with E-state index in [1.807, 2.05) is 20.8 Å².